The van der Waals surface area contributed by atoms with Crippen molar-refractivity contribution >= 4 is 23.4 Å². The Morgan fingerprint density at radius 2 is 2.10 bits per heavy atom. The standard InChI is InChI=1S/C21H27ClN4O5/c1-5-26-19(14-8-7-13(30-4)9-15(14)22)23-12(3)18(20(26)27)24-16-10-25(21(28)29)11-17(16)31-6-2/h7-9,16-17,24H,5-6,10-11H2,1-4H3,(H,28,29). The Morgan fingerprint density at radius 3 is 2.68 bits per heavy atom. The average Bonchev–Trinajstić information content (AvgIpc) is 3.14. The molecule has 168 valence electrons. The summed E-state index contributed by atoms with van der Waals surface area (Å²) in [5, 5.41) is 13.0. The van der Waals surface area contributed by atoms with Crippen molar-refractivity contribution in [1.82, 2.24) is 14.5 Å². The summed E-state index contributed by atoms with van der Waals surface area (Å²) < 4.78 is 12.5. The van der Waals surface area contributed by atoms with E-state index in [1.54, 1.807) is 36.8 Å². The number of aromatic nitrogens is 2. The molecule has 2 aromatic rings. The predicted molar refractivity (Wildman–Crippen MR) is 118 cm³/mol. The molecule has 1 aromatic carbocycles. The van der Waals surface area contributed by atoms with Gasteiger partial charge in [-0.05, 0) is 39.0 Å². The van der Waals surface area contributed by atoms with Gasteiger partial charge in [0.15, 0.2) is 0 Å². The topological polar surface area (TPSA) is 106 Å². The van der Waals surface area contributed by atoms with E-state index in [2.05, 4.69) is 10.3 Å². The third-order valence-corrected chi connectivity index (χ3v) is 5.64. The van der Waals surface area contributed by atoms with Crippen molar-refractivity contribution in [2.75, 3.05) is 32.1 Å². The van der Waals surface area contributed by atoms with E-state index in [9.17, 15) is 14.7 Å². The van der Waals surface area contributed by atoms with Crippen LogP contribution in [0.5, 0.6) is 5.75 Å². The van der Waals surface area contributed by atoms with E-state index < -0.39 is 6.09 Å². The minimum absolute atomic E-state index is 0.219. The first-order valence-corrected chi connectivity index (χ1v) is 10.5. The maximum absolute atomic E-state index is 13.3. The van der Waals surface area contributed by atoms with Gasteiger partial charge in [0.25, 0.3) is 5.56 Å². The van der Waals surface area contributed by atoms with E-state index in [-0.39, 0.29) is 30.8 Å². The highest BCUT2D eigenvalue weighted by Gasteiger charge is 2.36. The molecule has 10 heteroatoms. The van der Waals surface area contributed by atoms with Gasteiger partial charge in [0, 0.05) is 25.3 Å². The highest BCUT2D eigenvalue weighted by atomic mass is 35.5. The molecule has 1 saturated heterocycles. The molecule has 1 aromatic heterocycles. The fraction of sp³-hybridized carbons (Fsp3) is 0.476. The quantitative estimate of drug-likeness (QED) is 0.667. The summed E-state index contributed by atoms with van der Waals surface area (Å²) in [7, 11) is 1.56. The third-order valence-electron chi connectivity index (χ3n) is 5.33. The molecular weight excluding hydrogens is 424 g/mol. The minimum Gasteiger partial charge on any atom is -0.497 e. The van der Waals surface area contributed by atoms with Crippen LogP contribution in [-0.4, -0.2) is 64.6 Å². The lowest BCUT2D eigenvalue weighted by molar-refractivity contribution is 0.0629. The van der Waals surface area contributed by atoms with Gasteiger partial charge in [-0.3, -0.25) is 9.36 Å². The van der Waals surface area contributed by atoms with Gasteiger partial charge in [-0.1, -0.05) is 11.6 Å². The van der Waals surface area contributed by atoms with Crippen LogP contribution in [-0.2, 0) is 11.3 Å². The Bertz CT molecular complexity index is 1030. The molecule has 0 aliphatic carbocycles. The van der Waals surface area contributed by atoms with Crippen LogP contribution >= 0.6 is 11.6 Å². The number of carboxylic acid groups (broad SMARTS) is 1. The van der Waals surface area contributed by atoms with Crippen molar-refractivity contribution in [3.8, 4) is 17.1 Å². The maximum atomic E-state index is 13.3. The molecule has 9 nitrogen and oxygen atoms in total. The number of rotatable bonds is 7. The van der Waals surface area contributed by atoms with Crippen LogP contribution in [0.2, 0.25) is 5.02 Å². The first-order chi connectivity index (χ1) is 14.8. The molecule has 3 rings (SSSR count). The SMILES string of the molecule is CCOC1CN(C(=O)O)CC1Nc1c(C)nc(-c2ccc(OC)cc2Cl)n(CC)c1=O. The predicted octanol–water partition coefficient (Wildman–Crippen LogP) is 3.08. The fourth-order valence-electron chi connectivity index (χ4n) is 3.77. The monoisotopic (exact) mass is 450 g/mol. The number of aryl methyl sites for hydroxylation is 1. The highest BCUT2D eigenvalue weighted by molar-refractivity contribution is 6.33. The number of ether oxygens (including phenoxy) is 2. The molecule has 1 aliphatic rings. The number of benzene rings is 1. The van der Waals surface area contributed by atoms with Crippen molar-refractivity contribution in [2.24, 2.45) is 0 Å². The summed E-state index contributed by atoms with van der Waals surface area (Å²) in [5.41, 5.74) is 1.21. The second-order valence-corrected chi connectivity index (χ2v) is 7.63. The summed E-state index contributed by atoms with van der Waals surface area (Å²) in [6.07, 6.45) is -1.37. The summed E-state index contributed by atoms with van der Waals surface area (Å²) in [5.74, 6) is 1.07. The Morgan fingerprint density at radius 1 is 1.35 bits per heavy atom. The zero-order chi connectivity index (χ0) is 22.7. The van der Waals surface area contributed by atoms with Gasteiger partial charge in [-0.25, -0.2) is 9.78 Å². The fourth-order valence-corrected chi connectivity index (χ4v) is 4.02. The Labute approximate surface area is 185 Å². The van der Waals surface area contributed by atoms with E-state index in [0.29, 0.717) is 46.7 Å². The number of carbonyl (C=O) groups is 1. The van der Waals surface area contributed by atoms with Gasteiger partial charge in [0.05, 0.1) is 36.5 Å². The lowest BCUT2D eigenvalue weighted by atomic mass is 10.1. The molecule has 2 heterocycles. The molecule has 1 amide bonds. The second-order valence-electron chi connectivity index (χ2n) is 7.22. The Hall–Kier alpha value is -2.78. The van der Waals surface area contributed by atoms with Crippen LogP contribution in [0.25, 0.3) is 11.4 Å². The highest BCUT2D eigenvalue weighted by Crippen LogP contribution is 2.30. The van der Waals surface area contributed by atoms with E-state index >= 15 is 0 Å². The Balaban J connectivity index is 2.00. The van der Waals surface area contributed by atoms with Crippen LogP contribution in [0.1, 0.15) is 19.5 Å². The van der Waals surface area contributed by atoms with Crippen LogP contribution < -0.4 is 15.6 Å². The number of halogens is 1. The van der Waals surface area contributed by atoms with Crippen molar-refractivity contribution in [2.45, 2.75) is 39.5 Å². The second kappa shape index (κ2) is 9.57. The van der Waals surface area contributed by atoms with E-state index in [0.717, 1.165) is 0 Å². The van der Waals surface area contributed by atoms with Crippen molar-refractivity contribution in [1.29, 1.82) is 0 Å². The van der Waals surface area contributed by atoms with Gasteiger partial charge in [0.1, 0.15) is 17.3 Å². The molecule has 31 heavy (non-hydrogen) atoms. The van der Waals surface area contributed by atoms with Gasteiger partial charge < -0.3 is 24.8 Å². The molecule has 0 radical (unpaired) electrons. The first kappa shape index (κ1) is 22.9. The number of hydrogen-bond donors (Lipinski definition) is 2. The van der Waals surface area contributed by atoms with Crippen LogP contribution in [0, 0.1) is 6.92 Å². The zero-order valence-corrected chi connectivity index (χ0v) is 18.8. The van der Waals surface area contributed by atoms with Gasteiger partial charge in [0.2, 0.25) is 0 Å². The molecule has 1 aliphatic heterocycles. The molecule has 1 fully saturated rings. The summed E-state index contributed by atoms with van der Waals surface area (Å²) in [6.45, 7) is 6.75. The van der Waals surface area contributed by atoms with Gasteiger partial charge in [-0.2, -0.15) is 0 Å². The number of anilines is 1. The summed E-state index contributed by atoms with van der Waals surface area (Å²) in [4.78, 5) is 30.7. The molecule has 0 saturated carbocycles. The molecule has 2 unspecified atom stereocenters. The van der Waals surface area contributed by atoms with Gasteiger partial charge >= 0.3 is 6.09 Å². The minimum atomic E-state index is -1.01. The number of likely N-dealkylation sites (tertiary alicyclic amines) is 1. The first-order valence-electron chi connectivity index (χ1n) is 10.1. The molecular formula is C21H27ClN4O5. The van der Waals surface area contributed by atoms with Crippen LogP contribution in [0.4, 0.5) is 10.5 Å². The number of methoxy groups -OCH3 is 1. The van der Waals surface area contributed by atoms with Crippen LogP contribution in [0.15, 0.2) is 23.0 Å². The summed E-state index contributed by atoms with van der Waals surface area (Å²) in [6, 6.07) is 4.86. The normalized spacial score (nSPS) is 18.3. The molecule has 2 N–H and O–H groups in total. The molecule has 0 bridgehead atoms. The maximum Gasteiger partial charge on any atom is 0.407 e. The lowest BCUT2D eigenvalue weighted by Crippen LogP contribution is -2.38. The average molecular weight is 451 g/mol. The van der Waals surface area contributed by atoms with E-state index in [1.165, 1.54) is 4.90 Å². The Kier molecular flexibility index (Phi) is 7.07. The van der Waals surface area contributed by atoms with Crippen LogP contribution in [0.3, 0.4) is 0 Å². The van der Waals surface area contributed by atoms with Gasteiger partial charge in [-0.15, -0.1) is 0 Å². The molecule has 0 spiro atoms. The van der Waals surface area contributed by atoms with Crippen molar-refractivity contribution < 1.29 is 19.4 Å². The third kappa shape index (κ3) is 4.62. The number of amides is 1. The number of hydrogen-bond acceptors (Lipinski definition) is 6. The van der Waals surface area contributed by atoms with Crippen molar-refractivity contribution in [3.05, 3.63) is 39.3 Å². The number of nitrogens with zero attached hydrogens (tertiary/aromatic N) is 3. The number of nitrogens with one attached hydrogen (secondary N) is 1. The summed E-state index contributed by atoms with van der Waals surface area (Å²) >= 11 is 6.42. The largest absolute Gasteiger partial charge is 0.497 e. The zero-order valence-electron chi connectivity index (χ0n) is 18.0. The van der Waals surface area contributed by atoms with E-state index in [1.807, 2.05) is 13.8 Å². The smallest absolute Gasteiger partial charge is 0.407 e. The molecule has 2 atom stereocenters. The van der Waals surface area contributed by atoms with E-state index in [4.69, 9.17) is 21.1 Å². The lowest BCUT2D eigenvalue weighted by Gasteiger charge is -2.22. The van der Waals surface area contributed by atoms with Crippen molar-refractivity contribution in [3.63, 3.8) is 0 Å².